The van der Waals surface area contributed by atoms with Crippen LogP contribution in [0.15, 0.2) is 21.8 Å². The number of aromatic nitrogens is 1. The van der Waals surface area contributed by atoms with Crippen molar-refractivity contribution in [1.82, 2.24) is 4.48 Å². The number of nitro groups is 1. The summed E-state index contributed by atoms with van der Waals surface area (Å²) in [5.41, 5.74) is 6.03. The first-order valence-electron chi connectivity index (χ1n) is 8.75. The number of nitrogens with zero attached hydrogens (tertiary/aromatic N) is 3. The maximum Gasteiger partial charge on any atom is 0.678 e. The van der Waals surface area contributed by atoms with Gasteiger partial charge in [0.2, 0.25) is 6.54 Å². The quantitative estimate of drug-likeness (QED) is 0.413. The van der Waals surface area contributed by atoms with E-state index < -0.39 is 18.9 Å². The number of halogens is 2. The van der Waals surface area contributed by atoms with E-state index in [0.717, 1.165) is 27.8 Å². The largest absolute Gasteiger partial charge is 0.678 e. The molecule has 0 amide bonds. The molecule has 0 N–H and O–H groups in total. The maximum atomic E-state index is 13.9. The fraction of sp³-hybridized carbons (Fsp3) is 0.500. The van der Waals surface area contributed by atoms with Crippen molar-refractivity contribution in [2.24, 2.45) is 4.99 Å². The molecule has 140 valence electrons. The highest BCUT2D eigenvalue weighted by atomic mass is 19.2. The zero-order valence-electron chi connectivity index (χ0n) is 16.1. The Balaban J connectivity index is 2.82. The minimum absolute atomic E-state index is 0.0796. The van der Waals surface area contributed by atoms with Gasteiger partial charge in [-0.3, -0.25) is 23.7 Å². The van der Waals surface area contributed by atoms with Crippen LogP contribution in [0.5, 0.6) is 0 Å². The lowest BCUT2D eigenvalue weighted by Crippen LogP contribution is -2.21. The molecular weight excluding hydrogens is 339 g/mol. The Morgan fingerprint density at radius 2 is 1.85 bits per heavy atom. The highest BCUT2D eigenvalue weighted by Gasteiger charge is 2.33. The van der Waals surface area contributed by atoms with Crippen LogP contribution in [0.25, 0.3) is 5.57 Å². The van der Waals surface area contributed by atoms with Crippen LogP contribution in [0.3, 0.4) is 0 Å². The summed E-state index contributed by atoms with van der Waals surface area (Å²) in [7, 11) is -2.85. The van der Waals surface area contributed by atoms with Crippen molar-refractivity contribution in [3.8, 4) is 0 Å². The summed E-state index contributed by atoms with van der Waals surface area (Å²) in [5.74, 6) is 0. The third kappa shape index (κ3) is 3.24. The molecule has 0 aromatic carbocycles. The lowest BCUT2D eigenvalue weighted by atomic mass is 9.98. The van der Waals surface area contributed by atoms with Gasteiger partial charge < -0.3 is 4.48 Å². The second-order valence-corrected chi connectivity index (χ2v) is 6.52. The fourth-order valence-corrected chi connectivity index (χ4v) is 3.99. The molecule has 0 bridgehead atoms. The van der Waals surface area contributed by atoms with Crippen LogP contribution in [0.1, 0.15) is 63.6 Å². The summed E-state index contributed by atoms with van der Waals surface area (Å²) in [6.45, 7) is 10.6. The minimum Gasteiger partial charge on any atom is -0.323 e. The SMILES string of the molecule is CCC1=C(C)/C(=C(\C)c2c(C)c(CC)c(C[N+](=O)[O-])n2B(F)F)N=C1C. The molecule has 1 aromatic heterocycles. The van der Waals surface area contributed by atoms with Crippen molar-refractivity contribution in [3.63, 3.8) is 0 Å². The van der Waals surface area contributed by atoms with E-state index >= 15 is 0 Å². The Morgan fingerprint density at radius 3 is 2.27 bits per heavy atom. The van der Waals surface area contributed by atoms with E-state index in [1.807, 2.05) is 27.7 Å². The summed E-state index contributed by atoms with van der Waals surface area (Å²) in [6, 6.07) is 0. The van der Waals surface area contributed by atoms with Crippen molar-refractivity contribution in [2.75, 3.05) is 0 Å². The molecule has 0 aliphatic carbocycles. The molecule has 0 radical (unpaired) electrons. The van der Waals surface area contributed by atoms with Crippen molar-refractivity contribution in [1.29, 1.82) is 0 Å². The summed E-state index contributed by atoms with van der Waals surface area (Å²) in [5, 5.41) is 11.0. The predicted molar refractivity (Wildman–Crippen MR) is 101 cm³/mol. The lowest BCUT2D eigenvalue weighted by molar-refractivity contribution is -0.497. The van der Waals surface area contributed by atoms with Gasteiger partial charge in [0.1, 0.15) is 0 Å². The third-order valence-electron chi connectivity index (χ3n) is 5.10. The van der Waals surface area contributed by atoms with E-state index in [9.17, 15) is 18.7 Å². The van der Waals surface area contributed by atoms with Crippen LogP contribution in [0, 0.1) is 17.0 Å². The van der Waals surface area contributed by atoms with Gasteiger partial charge >= 0.3 is 7.40 Å². The molecule has 2 heterocycles. The van der Waals surface area contributed by atoms with E-state index in [4.69, 9.17) is 0 Å². The highest BCUT2D eigenvalue weighted by Crippen LogP contribution is 2.37. The van der Waals surface area contributed by atoms with Gasteiger partial charge in [0.15, 0.2) is 0 Å². The molecular formula is C18H24BF2N3O2. The average Bonchev–Trinajstić information content (AvgIpc) is 2.99. The molecule has 8 heteroatoms. The number of hydrogen-bond donors (Lipinski definition) is 0. The molecule has 1 aliphatic rings. The molecule has 26 heavy (non-hydrogen) atoms. The van der Waals surface area contributed by atoms with Crippen LogP contribution >= 0.6 is 0 Å². The first kappa shape index (κ1) is 20.1. The fourth-order valence-electron chi connectivity index (χ4n) is 3.99. The number of aliphatic imine (C=N–C) groups is 1. The first-order chi connectivity index (χ1) is 12.1. The van der Waals surface area contributed by atoms with Crippen molar-refractivity contribution in [3.05, 3.63) is 49.5 Å². The molecule has 1 aromatic rings. The van der Waals surface area contributed by atoms with Gasteiger partial charge in [0, 0.05) is 16.3 Å². The van der Waals surface area contributed by atoms with Gasteiger partial charge in [-0.1, -0.05) is 13.8 Å². The zero-order valence-corrected chi connectivity index (χ0v) is 16.1. The van der Waals surface area contributed by atoms with Crippen LogP contribution in [-0.2, 0) is 13.0 Å². The standard InChI is InChI=1S/C18H24BF2N3O2/c1-7-14-10(3)17(22-13(14)6)12(5)18-11(4)15(8-2)16(9-23(25)26)24(18)19(20)21/h7-9H2,1-6H3/b17-12-. The molecule has 0 saturated heterocycles. The molecule has 0 unspecified atom stereocenters. The van der Waals surface area contributed by atoms with Gasteiger partial charge in [0.25, 0.3) is 0 Å². The van der Waals surface area contributed by atoms with Gasteiger partial charge in [-0.25, -0.2) is 0 Å². The smallest absolute Gasteiger partial charge is 0.323 e. The average molecular weight is 363 g/mol. The first-order valence-corrected chi connectivity index (χ1v) is 8.75. The summed E-state index contributed by atoms with van der Waals surface area (Å²) in [6.07, 6.45) is 1.28. The molecule has 1 aliphatic heterocycles. The lowest BCUT2D eigenvalue weighted by Gasteiger charge is -2.12. The summed E-state index contributed by atoms with van der Waals surface area (Å²) < 4.78 is 28.6. The number of rotatable bonds is 6. The van der Waals surface area contributed by atoms with Crippen molar-refractivity contribution >= 4 is 18.7 Å². The Labute approximate surface area is 152 Å². The van der Waals surface area contributed by atoms with E-state index in [0.29, 0.717) is 34.5 Å². The summed E-state index contributed by atoms with van der Waals surface area (Å²) in [4.78, 5) is 15.1. The number of allylic oxidation sites excluding steroid dienone is 3. The van der Waals surface area contributed by atoms with Crippen LogP contribution in [-0.4, -0.2) is 22.5 Å². The molecule has 0 atom stereocenters. The molecule has 0 saturated carbocycles. The van der Waals surface area contributed by atoms with Gasteiger partial charge in [-0.05, 0) is 68.4 Å². The minimum atomic E-state index is -2.85. The monoisotopic (exact) mass is 363 g/mol. The second-order valence-electron chi connectivity index (χ2n) is 6.52. The van der Waals surface area contributed by atoms with E-state index in [-0.39, 0.29) is 5.69 Å². The Kier molecular flexibility index (Phi) is 5.83. The molecule has 2 rings (SSSR count). The van der Waals surface area contributed by atoms with Gasteiger partial charge in [-0.2, -0.15) is 0 Å². The molecule has 0 spiro atoms. The van der Waals surface area contributed by atoms with E-state index in [1.54, 1.807) is 13.8 Å². The summed E-state index contributed by atoms with van der Waals surface area (Å²) >= 11 is 0. The molecule has 5 nitrogen and oxygen atoms in total. The van der Waals surface area contributed by atoms with Crippen LogP contribution < -0.4 is 0 Å². The highest BCUT2D eigenvalue weighted by molar-refractivity contribution is 6.41. The molecule has 0 fully saturated rings. The normalized spacial score (nSPS) is 16.2. The predicted octanol–water partition coefficient (Wildman–Crippen LogP) is 4.84. The van der Waals surface area contributed by atoms with Gasteiger partial charge in [-0.15, -0.1) is 0 Å². The second kappa shape index (κ2) is 7.56. The van der Waals surface area contributed by atoms with Gasteiger partial charge in [0.05, 0.1) is 11.4 Å². The zero-order chi connectivity index (χ0) is 19.8. The topological polar surface area (TPSA) is 60.4 Å². The Morgan fingerprint density at radius 1 is 1.23 bits per heavy atom. The maximum absolute atomic E-state index is 13.9. The van der Waals surface area contributed by atoms with Crippen molar-refractivity contribution < 1.29 is 13.6 Å². The Hall–Kier alpha value is -2.25. The van der Waals surface area contributed by atoms with Crippen molar-refractivity contribution in [2.45, 2.75) is 60.9 Å². The van der Waals surface area contributed by atoms with E-state index in [2.05, 4.69) is 4.99 Å². The van der Waals surface area contributed by atoms with Crippen LogP contribution in [0.4, 0.5) is 8.63 Å². The van der Waals surface area contributed by atoms with E-state index in [1.165, 1.54) is 0 Å². The third-order valence-corrected chi connectivity index (χ3v) is 5.10. The number of hydrogen-bond acceptors (Lipinski definition) is 3. The van der Waals surface area contributed by atoms with Crippen LogP contribution in [0.2, 0.25) is 0 Å². The Bertz CT molecular complexity index is 851.